The van der Waals surface area contributed by atoms with Gasteiger partial charge in [0.2, 0.25) is 0 Å². The number of benzene rings is 2. The lowest BCUT2D eigenvalue weighted by Crippen LogP contribution is -2.21. The maximum absolute atomic E-state index is 13.1. The Morgan fingerprint density at radius 3 is 2.35 bits per heavy atom. The van der Waals surface area contributed by atoms with Gasteiger partial charge in [-0.05, 0) is 55.0 Å². The van der Waals surface area contributed by atoms with Gasteiger partial charge in [0.1, 0.15) is 11.5 Å². The number of nitrogens with one attached hydrogen (secondary N) is 1. The lowest BCUT2D eigenvalue weighted by Gasteiger charge is -2.24. The molecule has 7 heteroatoms. The first-order valence-corrected chi connectivity index (χ1v) is 13.3. The SMILES string of the molecule is CC(C)C(c1cccc(NS(=O)(=O)c2ccccc2)c1)c1c(O)c2c(oc1=O)CCCCCC2. The highest BCUT2D eigenvalue weighted by molar-refractivity contribution is 7.92. The molecule has 0 radical (unpaired) electrons. The number of sulfonamides is 1. The van der Waals surface area contributed by atoms with Crippen LogP contribution in [0.15, 0.2) is 68.7 Å². The first-order chi connectivity index (χ1) is 16.3. The number of aromatic hydroxyl groups is 1. The minimum Gasteiger partial charge on any atom is -0.507 e. The molecule has 0 saturated heterocycles. The summed E-state index contributed by atoms with van der Waals surface area (Å²) in [5.74, 6) is 0.134. The van der Waals surface area contributed by atoms with E-state index in [4.69, 9.17) is 4.42 Å². The first kappa shape index (κ1) is 24.1. The molecule has 6 nitrogen and oxygen atoms in total. The average molecular weight is 482 g/mol. The number of hydrogen-bond acceptors (Lipinski definition) is 5. The van der Waals surface area contributed by atoms with Gasteiger partial charge in [0.15, 0.2) is 0 Å². The fourth-order valence-corrected chi connectivity index (χ4v) is 5.86. The molecule has 0 aliphatic heterocycles. The van der Waals surface area contributed by atoms with Crippen LogP contribution in [0.2, 0.25) is 0 Å². The summed E-state index contributed by atoms with van der Waals surface area (Å²) < 4.78 is 34.0. The average Bonchev–Trinajstić information content (AvgIpc) is 2.78. The molecule has 0 saturated carbocycles. The van der Waals surface area contributed by atoms with E-state index in [2.05, 4.69) is 4.72 Å². The van der Waals surface area contributed by atoms with Crippen molar-refractivity contribution in [3.8, 4) is 5.75 Å². The van der Waals surface area contributed by atoms with Crippen LogP contribution in [0.3, 0.4) is 0 Å². The zero-order valence-corrected chi connectivity index (χ0v) is 20.4. The predicted molar refractivity (Wildman–Crippen MR) is 133 cm³/mol. The molecule has 2 aromatic carbocycles. The first-order valence-electron chi connectivity index (χ1n) is 11.8. The van der Waals surface area contributed by atoms with Crippen LogP contribution in [-0.2, 0) is 22.9 Å². The van der Waals surface area contributed by atoms with Gasteiger partial charge in [-0.2, -0.15) is 0 Å². The van der Waals surface area contributed by atoms with Gasteiger partial charge in [-0.3, -0.25) is 4.72 Å². The highest BCUT2D eigenvalue weighted by Gasteiger charge is 2.29. The van der Waals surface area contributed by atoms with Gasteiger partial charge in [-0.1, -0.05) is 57.0 Å². The second kappa shape index (κ2) is 10.1. The van der Waals surface area contributed by atoms with Crippen LogP contribution >= 0.6 is 0 Å². The van der Waals surface area contributed by atoms with E-state index in [9.17, 15) is 18.3 Å². The minimum atomic E-state index is -3.76. The molecule has 0 amide bonds. The zero-order valence-electron chi connectivity index (χ0n) is 19.6. The largest absolute Gasteiger partial charge is 0.507 e. The van der Waals surface area contributed by atoms with E-state index in [1.807, 2.05) is 19.9 Å². The lowest BCUT2D eigenvalue weighted by molar-refractivity contribution is 0.376. The van der Waals surface area contributed by atoms with Crippen molar-refractivity contribution in [1.29, 1.82) is 0 Å². The van der Waals surface area contributed by atoms with Crippen LogP contribution in [0.4, 0.5) is 5.69 Å². The molecular formula is C27H31NO5S. The van der Waals surface area contributed by atoms with Crippen molar-refractivity contribution < 1.29 is 17.9 Å². The normalized spacial score (nSPS) is 15.3. The second-order valence-corrected chi connectivity index (χ2v) is 10.9. The molecule has 3 aromatic rings. The number of anilines is 1. The van der Waals surface area contributed by atoms with Gasteiger partial charge in [0.05, 0.1) is 10.5 Å². The van der Waals surface area contributed by atoms with Gasteiger partial charge in [0.25, 0.3) is 10.0 Å². The Balaban J connectivity index is 1.75. The Hall–Kier alpha value is -3.06. The molecule has 34 heavy (non-hydrogen) atoms. The summed E-state index contributed by atoms with van der Waals surface area (Å²) in [4.78, 5) is 13.3. The van der Waals surface area contributed by atoms with Gasteiger partial charge >= 0.3 is 5.63 Å². The molecule has 1 unspecified atom stereocenters. The zero-order chi connectivity index (χ0) is 24.3. The van der Waals surface area contributed by atoms with Crippen LogP contribution in [-0.4, -0.2) is 13.5 Å². The molecule has 4 rings (SSSR count). The Morgan fingerprint density at radius 2 is 1.65 bits per heavy atom. The van der Waals surface area contributed by atoms with Crippen molar-refractivity contribution in [3.05, 3.63) is 87.5 Å². The van der Waals surface area contributed by atoms with E-state index >= 15 is 0 Å². The highest BCUT2D eigenvalue weighted by atomic mass is 32.2. The van der Waals surface area contributed by atoms with Crippen molar-refractivity contribution in [1.82, 2.24) is 0 Å². The fraction of sp³-hybridized carbons (Fsp3) is 0.370. The van der Waals surface area contributed by atoms with E-state index in [1.165, 1.54) is 12.1 Å². The second-order valence-electron chi connectivity index (χ2n) is 9.23. The van der Waals surface area contributed by atoms with Crippen molar-refractivity contribution in [3.63, 3.8) is 0 Å². The number of fused-ring (bicyclic) bond motifs is 1. The number of rotatable bonds is 6. The summed E-state index contributed by atoms with van der Waals surface area (Å²) in [5.41, 5.74) is 1.59. The van der Waals surface area contributed by atoms with Gasteiger partial charge in [-0.25, -0.2) is 13.2 Å². The molecule has 180 valence electrons. The molecule has 1 aliphatic carbocycles. The number of hydrogen-bond donors (Lipinski definition) is 2. The topological polar surface area (TPSA) is 96.6 Å². The van der Waals surface area contributed by atoms with E-state index in [1.54, 1.807) is 36.4 Å². The lowest BCUT2D eigenvalue weighted by atomic mass is 9.81. The van der Waals surface area contributed by atoms with Gasteiger partial charge < -0.3 is 9.52 Å². The van der Waals surface area contributed by atoms with Crippen LogP contribution in [0.5, 0.6) is 5.75 Å². The maximum atomic E-state index is 13.1. The summed E-state index contributed by atoms with van der Waals surface area (Å²) in [6.45, 7) is 3.95. The van der Waals surface area contributed by atoms with E-state index < -0.39 is 21.6 Å². The highest BCUT2D eigenvalue weighted by Crippen LogP contribution is 2.39. The Bertz CT molecular complexity index is 1310. The molecular weight excluding hydrogens is 450 g/mol. The molecule has 1 atom stereocenters. The van der Waals surface area contributed by atoms with Gasteiger partial charge in [0, 0.05) is 23.6 Å². The van der Waals surface area contributed by atoms with Crippen molar-refractivity contribution in [2.75, 3.05) is 4.72 Å². The Kier molecular flexibility index (Phi) is 7.12. The number of aryl methyl sites for hydroxylation is 1. The standard InChI is InChI=1S/C27H31NO5S/c1-18(2)24(25-26(29)22-15-8-3-4-9-16-23(22)33-27(25)30)19-11-10-12-20(17-19)28-34(31,32)21-13-6-5-7-14-21/h5-7,10-14,17-18,24,28-29H,3-4,8-9,15-16H2,1-2H3. The van der Waals surface area contributed by atoms with E-state index in [-0.39, 0.29) is 22.1 Å². The van der Waals surface area contributed by atoms with Crippen molar-refractivity contribution >= 4 is 15.7 Å². The summed E-state index contributed by atoms with van der Waals surface area (Å²) in [7, 11) is -3.76. The third-order valence-electron chi connectivity index (χ3n) is 6.42. The summed E-state index contributed by atoms with van der Waals surface area (Å²) in [5, 5.41) is 11.2. The Morgan fingerprint density at radius 1 is 0.941 bits per heavy atom. The molecule has 0 spiro atoms. The summed E-state index contributed by atoms with van der Waals surface area (Å²) in [6, 6.07) is 15.2. The van der Waals surface area contributed by atoms with E-state index in [0.717, 1.165) is 36.8 Å². The van der Waals surface area contributed by atoms with E-state index in [0.29, 0.717) is 24.3 Å². The third-order valence-corrected chi connectivity index (χ3v) is 7.82. The molecule has 0 fully saturated rings. The van der Waals surface area contributed by atoms with Crippen LogP contribution in [0.25, 0.3) is 0 Å². The van der Waals surface area contributed by atoms with Crippen LogP contribution in [0.1, 0.15) is 67.9 Å². The summed E-state index contributed by atoms with van der Waals surface area (Å²) >= 11 is 0. The monoisotopic (exact) mass is 481 g/mol. The third kappa shape index (κ3) is 5.04. The summed E-state index contributed by atoms with van der Waals surface area (Å²) in [6.07, 6.45) is 5.39. The molecule has 1 heterocycles. The van der Waals surface area contributed by atoms with Crippen LogP contribution in [0, 0.1) is 5.92 Å². The van der Waals surface area contributed by atoms with Crippen LogP contribution < -0.4 is 10.3 Å². The quantitative estimate of drug-likeness (QED) is 0.478. The minimum absolute atomic E-state index is 0.0297. The molecule has 0 bridgehead atoms. The smallest absolute Gasteiger partial charge is 0.343 e. The fourth-order valence-electron chi connectivity index (χ4n) is 4.79. The van der Waals surface area contributed by atoms with Crippen molar-refractivity contribution in [2.24, 2.45) is 5.92 Å². The maximum Gasteiger partial charge on any atom is 0.343 e. The van der Waals surface area contributed by atoms with Crippen molar-refractivity contribution in [2.45, 2.75) is 63.2 Å². The molecule has 1 aliphatic rings. The van der Waals surface area contributed by atoms with Gasteiger partial charge in [-0.15, -0.1) is 0 Å². The molecule has 1 aromatic heterocycles. The predicted octanol–water partition coefficient (Wildman–Crippen LogP) is 5.59. The molecule has 2 N–H and O–H groups in total. The Labute approximate surface area is 200 Å².